The third kappa shape index (κ3) is 7.35. The van der Waals surface area contributed by atoms with Crippen molar-refractivity contribution in [2.24, 2.45) is 17.8 Å². The van der Waals surface area contributed by atoms with Gasteiger partial charge in [-0.05, 0) is 82.7 Å². The van der Waals surface area contributed by atoms with Gasteiger partial charge in [-0.25, -0.2) is 0 Å². The fourth-order valence-corrected chi connectivity index (χ4v) is 13.7. The van der Waals surface area contributed by atoms with Crippen molar-refractivity contribution >= 4 is 59.6 Å². The van der Waals surface area contributed by atoms with Gasteiger partial charge in [0.2, 0.25) is 11.8 Å². The predicted molar refractivity (Wildman–Crippen MR) is 209 cm³/mol. The predicted octanol–water partition coefficient (Wildman–Crippen LogP) is 7.12. The van der Waals surface area contributed by atoms with E-state index in [0.717, 1.165) is 39.6 Å². The average Bonchev–Trinajstić information content (AvgIpc) is 3.32. The number of benzene rings is 3. The number of hydrogen-bond donors (Lipinski definition) is 2. The molecule has 2 N–H and O–H groups in total. The molecule has 2 saturated heterocycles. The highest BCUT2D eigenvalue weighted by molar-refractivity contribution is 9.10. The van der Waals surface area contributed by atoms with Crippen molar-refractivity contribution < 1.29 is 28.8 Å². The van der Waals surface area contributed by atoms with Crippen LogP contribution in [0.5, 0.6) is 5.75 Å². The number of nitrogens with zero attached hydrogens (tertiary/aromatic N) is 1. The maximum absolute atomic E-state index is 13.7. The van der Waals surface area contributed by atoms with Gasteiger partial charge >= 0.3 is 7.12 Å². The second-order valence-electron chi connectivity index (χ2n) is 15.3. The molecule has 2 heterocycles. The fraction of sp³-hybridized carbons (Fsp3) is 0.415. The third-order valence-corrected chi connectivity index (χ3v) is 16.5. The number of amides is 2. The first-order chi connectivity index (χ1) is 24.4. The van der Waals surface area contributed by atoms with Gasteiger partial charge < -0.3 is 19.2 Å². The van der Waals surface area contributed by atoms with Crippen LogP contribution in [0.4, 0.5) is 0 Å². The number of phenolic OH excluding ortho intramolecular Hbond substituents is 1. The lowest BCUT2D eigenvalue weighted by atomic mass is 9.58. The number of imide groups is 1. The zero-order valence-corrected chi connectivity index (χ0v) is 32.9. The van der Waals surface area contributed by atoms with Crippen molar-refractivity contribution in [1.82, 2.24) is 4.90 Å². The van der Waals surface area contributed by atoms with E-state index in [1.807, 2.05) is 30.3 Å². The minimum absolute atomic E-state index is 0.161. The van der Waals surface area contributed by atoms with Gasteiger partial charge in [-0.1, -0.05) is 122 Å². The second kappa shape index (κ2) is 15.4. The van der Waals surface area contributed by atoms with Crippen molar-refractivity contribution in [3.05, 3.63) is 106 Å². The summed E-state index contributed by atoms with van der Waals surface area (Å²) >= 11 is 3.53. The lowest BCUT2D eigenvalue weighted by Crippen LogP contribution is -2.66. The molecule has 0 radical (unpaired) electrons. The number of aromatic hydroxyl groups is 1. The Morgan fingerprint density at radius 1 is 1.00 bits per heavy atom. The number of fused-ring (bicyclic) bond motifs is 3. The minimum Gasteiger partial charge on any atom is -0.507 e. The lowest BCUT2D eigenvalue weighted by molar-refractivity contribution is -0.138. The molecule has 1 aliphatic carbocycles. The third-order valence-electron chi connectivity index (χ3n) is 11.1. The Hall–Kier alpha value is -3.28. The minimum atomic E-state index is -2.93. The molecule has 4 atom stereocenters. The molecule has 10 heteroatoms. The molecule has 3 aromatic carbocycles. The molecular weight excluding hydrogens is 721 g/mol. The summed E-state index contributed by atoms with van der Waals surface area (Å²) in [7, 11) is -2.40. The number of carbonyl (C=O) groups excluding carboxylic acids is 2. The SMILES string of the molecule is CCC/C(=C\c1cc(Br)ccc1O)CC[C@H]1OB(O)C[C@H]2C1=C(CO[Si](c1ccccc1)(c1ccccc1)C(C)(C)C)C[C@H]1C(=O)N(C)C(=O)[C@H]12. The van der Waals surface area contributed by atoms with Gasteiger partial charge in [0.25, 0.3) is 8.32 Å². The topological polar surface area (TPSA) is 96.3 Å². The molecule has 2 fully saturated rings. The van der Waals surface area contributed by atoms with Crippen LogP contribution in [-0.2, 0) is 18.7 Å². The molecule has 7 nitrogen and oxygen atoms in total. The van der Waals surface area contributed by atoms with Crippen molar-refractivity contribution in [1.29, 1.82) is 0 Å². The standard InChI is InChI=1S/C41H49BBrNO6Si/c1-6-13-27(22-28-23-30(43)19-20-35(28)45)18-21-36-37-29(24-33-38(34(37)25-42(48)50-36)40(47)44(5)39(33)46)26-49-51(41(2,3)4,31-14-9-7-10-15-31)32-16-11-8-12-17-32/h7-12,14-17,19-20,22-23,33-34,36,38,45,48H,6,13,18,21,24-26H2,1-5H3/b27-22+/t33-,34+,36-,38-/m1/s1. The summed E-state index contributed by atoms with van der Waals surface area (Å²) in [5.74, 6) is -1.47. The maximum atomic E-state index is 13.7. The smallest absolute Gasteiger partial charge is 0.455 e. The van der Waals surface area contributed by atoms with Crippen LogP contribution in [0, 0.1) is 17.8 Å². The molecule has 0 saturated carbocycles. The summed E-state index contributed by atoms with van der Waals surface area (Å²) in [6, 6.07) is 26.4. The summed E-state index contributed by atoms with van der Waals surface area (Å²) in [6.07, 6.45) is 5.31. The molecule has 2 amide bonds. The number of carbonyl (C=O) groups is 2. The molecule has 6 rings (SSSR count). The number of hydrogen-bond acceptors (Lipinski definition) is 6. The Balaban J connectivity index is 1.42. The van der Waals surface area contributed by atoms with E-state index in [9.17, 15) is 19.7 Å². The molecule has 0 bridgehead atoms. The summed E-state index contributed by atoms with van der Waals surface area (Å²) in [5, 5.41) is 23.8. The Morgan fingerprint density at radius 3 is 2.25 bits per heavy atom. The highest BCUT2D eigenvalue weighted by Gasteiger charge is 2.57. The number of phenols is 1. The van der Waals surface area contributed by atoms with E-state index in [-0.39, 0.29) is 34.8 Å². The molecule has 268 valence electrons. The first kappa shape index (κ1) is 37.5. The maximum Gasteiger partial charge on any atom is 0.455 e. The molecular formula is C41H49BBrNO6Si. The van der Waals surface area contributed by atoms with Gasteiger partial charge in [-0.2, -0.15) is 0 Å². The Morgan fingerprint density at radius 2 is 1.65 bits per heavy atom. The average molecular weight is 771 g/mol. The van der Waals surface area contributed by atoms with Crippen LogP contribution in [-0.4, -0.2) is 62.0 Å². The second-order valence-corrected chi connectivity index (χ2v) is 20.5. The molecule has 0 unspecified atom stereocenters. The first-order valence-electron chi connectivity index (χ1n) is 18.2. The van der Waals surface area contributed by atoms with Crippen LogP contribution < -0.4 is 10.4 Å². The number of likely N-dealkylation sites (tertiary alicyclic amines) is 1. The van der Waals surface area contributed by atoms with Gasteiger partial charge in [0.15, 0.2) is 0 Å². The molecule has 0 aromatic heterocycles. The van der Waals surface area contributed by atoms with Crippen LogP contribution in [0.3, 0.4) is 0 Å². The van der Waals surface area contributed by atoms with Crippen molar-refractivity contribution in [2.75, 3.05) is 13.7 Å². The van der Waals surface area contributed by atoms with Crippen LogP contribution in [0.25, 0.3) is 6.08 Å². The van der Waals surface area contributed by atoms with E-state index < -0.39 is 33.4 Å². The normalized spacial score (nSPS) is 22.8. The molecule has 0 spiro atoms. The van der Waals surface area contributed by atoms with Crippen LogP contribution >= 0.6 is 15.9 Å². The van der Waals surface area contributed by atoms with Crippen molar-refractivity contribution in [2.45, 2.75) is 77.3 Å². The van der Waals surface area contributed by atoms with E-state index in [1.165, 1.54) is 15.3 Å². The number of halogens is 1. The highest BCUT2D eigenvalue weighted by atomic mass is 79.9. The molecule has 3 aliphatic rings. The molecule has 51 heavy (non-hydrogen) atoms. The van der Waals surface area contributed by atoms with Crippen LogP contribution in [0.1, 0.15) is 65.4 Å². The Kier molecular flexibility index (Phi) is 11.3. The van der Waals surface area contributed by atoms with E-state index >= 15 is 0 Å². The lowest BCUT2D eigenvalue weighted by Gasteiger charge is -2.46. The van der Waals surface area contributed by atoms with Crippen LogP contribution in [0.2, 0.25) is 11.4 Å². The molecule has 3 aromatic rings. The van der Waals surface area contributed by atoms with E-state index in [0.29, 0.717) is 25.9 Å². The van der Waals surface area contributed by atoms with Gasteiger partial charge in [0, 0.05) is 17.1 Å². The largest absolute Gasteiger partial charge is 0.507 e. The van der Waals surface area contributed by atoms with Gasteiger partial charge in [0.05, 0.1) is 24.5 Å². The summed E-state index contributed by atoms with van der Waals surface area (Å²) in [5.41, 5.74) is 3.93. The Bertz CT molecular complexity index is 1770. The fourth-order valence-electron chi connectivity index (χ4n) is 8.78. The summed E-state index contributed by atoms with van der Waals surface area (Å²) < 4.78 is 14.7. The van der Waals surface area contributed by atoms with E-state index in [4.69, 9.17) is 9.08 Å². The monoisotopic (exact) mass is 769 g/mol. The number of rotatable bonds is 11. The highest BCUT2D eigenvalue weighted by Crippen LogP contribution is 2.51. The van der Waals surface area contributed by atoms with Gasteiger partial charge in [0.1, 0.15) is 5.75 Å². The number of allylic oxidation sites excluding steroid dienone is 1. The molecule has 2 aliphatic heterocycles. The van der Waals surface area contributed by atoms with Gasteiger partial charge in [-0.15, -0.1) is 0 Å². The zero-order chi connectivity index (χ0) is 36.5. The van der Waals surface area contributed by atoms with E-state index in [1.54, 1.807) is 13.1 Å². The van der Waals surface area contributed by atoms with Crippen molar-refractivity contribution in [3.8, 4) is 5.75 Å². The van der Waals surface area contributed by atoms with Gasteiger partial charge in [-0.3, -0.25) is 14.5 Å². The summed E-state index contributed by atoms with van der Waals surface area (Å²) in [4.78, 5) is 28.5. The zero-order valence-electron chi connectivity index (χ0n) is 30.3. The first-order valence-corrected chi connectivity index (χ1v) is 20.9. The quantitative estimate of drug-likeness (QED) is 0.123. The van der Waals surface area contributed by atoms with Crippen LogP contribution in [0.15, 0.2) is 100 Å². The van der Waals surface area contributed by atoms with Crippen molar-refractivity contribution in [3.63, 3.8) is 0 Å². The van der Waals surface area contributed by atoms with E-state index in [2.05, 4.69) is 92.2 Å². The Labute approximate surface area is 312 Å². The summed E-state index contributed by atoms with van der Waals surface area (Å²) in [6.45, 7) is 9.18.